The number of aliphatic hydroxyl groups is 1. The number of aliphatic hydroxyl groups excluding tert-OH is 1. The first-order valence-electron chi connectivity index (χ1n) is 13.8. The number of benzene rings is 3. The average Bonchev–Trinajstić information content (AvgIpc) is 3.71. The number of amides is 1. The molecule has 3 aromatic carbocycles. The number of phenols is 1. The van der Waals surface area contributed by atoms with E-state index in [9.17, 15) is 19.8 Å². The third-order valence-electron chi connectivity index (χ3n) is 7.79. The number of rotatable bonds is 6. The Morgan fingerprint density at radius 2 is 1.73 bits per heavy atom. The molecule has 1 aliphatic heterocycles. The van der Waals surface area contributed by atoms with Gasteiger partial charge in [-0.25, -0.2) is 4.98 Å². The van der Waals surface area contributed by atoms with Crippen molar-refractivity contribution in [2.24, 2.45) is 0 Å². The first-order valence-corrected chi connectivity index (χ1v) is 15.6. The summed E-state index contributed by atoms with van der Waals surface area (Å²) in [5, 5.41) is 32.8. The molecule has 4 heterocycles. The number of aromatic hydroxyl groups is 1. The fourth-order valence-corrected chi connectivity index (χ4v) is 7.46. The van der Waals surface area contributed by atoms with Gasteiger partial charge in [-0.05, 0) is 59.5 Å². The molecule has 218 valence electrons. The topological polar surface area (TPSA) is 121 Å². The fraction of sp³-hybridized carbons (Fsp3) is 0.121. The predicted octanol–water partition coefficient (Wildman–Crippen LogP) is 6.58. The number of imidazole rings is 1. The Kier molecular flexibility index (Phi) is 6.91. The van der Waals surface area contributed by atoms with Crippen LogP contribution >= 0.6 is 23.1 Å². The lowest BCUT2D eigenvalue weighted by Gasteiger charge is -2.22. The van der Waals surface area contributed by atoms with Gasteiger partial charge in [-0.15, -0.1) is 10.2 Å². The van der Waals surface area contributed by atoms with Crippen LogP contribution in [0, 0.1) is 13.8 Å². The van der Waals surface area contributed by atoms with Crippen LogP contribution in [-0.2, 0) is 15.3 Å². The Morgan fingerprint density at radius 1 is 0.955 bits per heavy atom. The lowest BCUT2D eigenvalue weighted by atomic mass is 9.96. The Balaban J connectivity index is 1.29. The Hall–Kier alpha value is -5.00. The molecule has 1 atom stereocenters. The van der Waals surface area contributed by atoms with Crippen LogP contribution in [-0.4, -0.2) is 41.5 Å². The lowest BCUT2D eigenvalue weighted by molar-refractivity contribution is -0.132. The summed E-state index contributed by atoms with van der Waals surface area (Å²) in [6.07, 6.45) is 1.83. The van der Waals surface area contributed by atoms with Crippen molar-refractivity contribution in [1.82, 2.24) is 19.6 Å². The lowest BCUT2D eigenvalue weighted by Crippen LogP contribution is -2.29. The second kappa shape index (κ2) is 10.9. The smallest absolute Gasteiger partial charge is 0.301 e. The van der Waals surface area contributed by atoms with E-state index in [1.54, 1.807) is 19.1 Å². The maximum absolute atomic E-state index is 13.6. The number of carbonyl (C=O) groups is 2. The van der Waals surface area contributed by atoms with Gasteiger partial charge in [0.25, 0.3) is 5.78 Å². The molecule has 6 aromatic rings. The van der Waals surface area contributed by atoms with Crippen LogP contribution in [0.25, 0.3) is 22.2 Å². The van der Waals surface area contributed by atoms with E-state index in [4.69, 9.17) is 0 Å². The van der Waals surface area contributed by atoms with Gasteiger partial charge in [0, 0.05) is 11.9 Å². The minimum Gasteiger partial charge on any atom is -0.508 e. The highest BCUT2D eigenvalue weighted by molar-refractivity contribution is 8.00. The minimum absolute atomic E-state index is 0.0282. The molecule has 1 amide bonds. The molecular formula is C33H25N5O4S2. The number of nitrogens with zero attached hydrogens (tertiary/aromatic N) is 5. The highest BCUT2D eigenvalue weighted by atomic mass is 32.2. The summed E-state index contributed by atoms with van der Waals surface area (Å²) >= 11 is 2.69. The van der Waals surface area contributed by atoms with Crippen molar-refractivity contribution >= 4 is 62.1 Å². The summed E-state index contributed by atoms with van der Waals surface area (Å²) in [5.41, 5.74) is 3.93. The van der Waals surface area contributed by atoms with Crippen molar-refractivity contribution in [3.8, 4) is 5.75 Å². The zero-order chi connectivity index (χ0) is 30.5. The van der Waals surface area contributed by atoms with Gasteiger partial charge in [0.15, 0.2) is 10.1 Å². The zero-order valence-corrected chi connectivity index (χ0v) is 25.3. The molecule has 1 saturated heterocycles. The minimum atomic E-state index is -1.01. The van der Waals surface area contributed by atoms with Gasteiger partial charge < -0.3 is 14.6 Å². The van der Waals surface area contributed by atoms with E-state index in [1.807, 2.05) is 47.9 Å². The normalized spacial score (nSPS) is 16.4. The number of Topliss-reactive ketones (excluding diaryl/α,β-unsaturated/α-hetero) is 1. The van der Waals surface area contributed by atoms with Gasteiger partial charge in [0.1, 0.15) is 17.1 Å². The number of aryl methyl sites for hydroxylation is 2. The maximum Gasteiger partial charge on any atom is 0.301 e. The van der Waals surface area contributed by atoms with E-state index in [1.165, 1.54) is 40.1 Å². The molecule has 0 spiro atoms. The largest absolute Gasteiger partial charge is 0.508 e. The number of pyridine rings is 1. The third kappa shape index (κ3) is 4.61. The Bertz CT molecular complexity index is 2130. The molecule has 2 N–H and O–H groups in total. The molecule has 44 heavy (non-hydrogen) atoms. The van der Waals surface area contributed by atoms with Gasteiger partial charge >= 0.3 is 5.91 Å². The molecule has 0 saturated carbocycles. The van der Waals surface area contributed by atoms with Gasteiger partial charge in [-0.2, -0.15) is 0 Å². The van der Waals surface area contributed by atoms with E-state index in [-0.39, 0.29) is 27.9 Å². The third-order valence-corrected chi connectivity index (χ3v) is 9.90. The summed E-state index contributed by atoms with van der Waals surface area (Å²) in [6, 6.07) is 23.3. The molecule has 0 radical (unpaired) electrons. The van der Waals surface area contributed by atoms with Crippen LogP contribution in [0.3, 0.4) is 0 Å². The number of anilines is 1. The van der Waals surface area contributed by atoms with Gasteiger partial charge in [0.2, 0.25) is 5.13 Å². The van der Waals surface area contributed by atoms with Gasteiger partial charge in [-0.3, -0.25) is 14.5 Å². The molecular weight excluding hydrogens is 595 g/mol. The molecule has 3 aromatic heterocycles. The molecule has 9 nitrogen and oxygen atoms in total. The number of aromatic nitrogens is 4. The molecule has 0 bridgehead atoms. The molecule has 1 unspecified atom stereocenters. The van der Waals surface area contributed by atoms with Crippen molar-refractivity contribution in [2.45, 2.75) is 30.0 Å². The number of phenolic OH excluding ortho intramolecular Hbond substituents is 1. The summed E-state index contributed by atoms with van der Waals surface area (Å²) in [6.45, 7) is 3.70. The maximum atomic E-state index is 13.6. The predicted molar refractivity (Wildman–Crippen MR) is 171 cm³/mol. The standard InChI is InChI=1S/C33H25N5O4S2/c1-18-7-6-16-37-19(2)26(34-30(18)37)28(40)25-27(21-12-14-23(39)15-13-21)38(31(42)29(25)41)32-35-36-33(44-32)43-17-22-10-5-9-20-8-3-4-11-24(20)22/h3-16,27,39-40H,17H2,1-2H3/b28-25+. The van der Waals surface area contributed by atoms with Crippen LogP contribution in [0.4, 0.5) is 5.13 Å². The van der Waals surface area contributed by atoms with Crippen LogP contribution < -0.4 is 4.90 Å². The number of ketones is 1. The quantitative estimate of drug-likeness (QED) is 0.0705. The van der Waals surface area contributed by atoms with Gasteiger partial charge in [-0.1, -0.05) is 83.8 Å². The van der Waals surface area contributed by atoms with Crippen LogP contribution in [0.5, 0.6) is 5.75 Å². The first kappa shape index (κ1) is 27.8. The number of carbonyl (C=O) groups excluding carboxylic acids is 2. The zero-order valence-electron chi connectivity index (χ0n) is 23.6. The fourth-order valence-electron chi connectivity index (χ4n) is 5.59. The SMILES string of the molecule is Cc1cccn2c(C)c(/C(O)=C3\C(=O)C(=O)N(c4nnc(SCc5cccc6ccccc56)s4)C3c3ccc(O)cc3)nc12. The van der Waals surface area contributed by atoms with Crippen molar-refractivity contribution < 1.29 is 19.8 Å². The van der Waals surface area contributed by atoms with Gasteiger partial charge in [0.05, 0.1) is 17.3 Å². The summed E-state index contributed by atoms with van der Waals surface area (Å²) in [5.74, 6) is -1.39. The molecule has 7 rings (SSSR count). The number of hydrogen-bond donors (Lipinski definition) is 2. The highest BCUT2D eigenvalue weighted by Gasteiger charge is 2.48. The second-order valence-electron chi connectivity index (χ2n) is 10.5. The number of thioether (sulfide) groups is 1. The van der Waals surface area contributed by atoms with E-state index in [0.717, 1.165) is 21.9 Å². The Morgan fingerprint density at radius 3 is 2.52 bits per heavy atom. The van der Waals surface area contributed by atoms with E-state index in [2.05, 4.69) is 39.4 Å². The molecule has 1 aliphatic rings. The molecule has 11 heteroatoms. The monoisotopic (exact) mass is 619 g/mol. The number of fused-ring (bicyclic) bond motifs is 2. The second-order valence-corrected chi connectivity index (χ2v) is 12.6. The first-order chi connectivity index (χ1) is 21.3. The van der Waals surface area contributed by atoms with Crippen LogP contribution in [0.15, 0.2) is 95.0 Å². The summed E-state index contributed by atoms with van der Waals surface area (Å²) in [4.78, 5) is 33.2. The van der Waals surface area contributed by atoms with E-state index < -0.39 is 17.7 Å². The summed E-state index contributed by atoms with van der Waals surface area (Å²) in [7, 11) is 0. The van der Waals surface area contributed by atoms with Crippen molar-refractivity contribution in [2.75, 3.05) is 4.90 Å². The molecule has 0 aliphatic carbocycles. The van der Waals surface area contributed by atoms with Crippen molar-refractivity contribution in [3.05, 3.63) is 119 Å². The average molecular weight is 620 g/mol. The van der Waals surface area contributed by atoms with Crippen LogP contribution in [0.1, 0.15) is 34.1 Å². The Labute approximate surface area is 260 Å². The van der Waals surface area contributed by atoms with Crippen molar-refractivity contribution in [3.63, 3.8) is 0 Å². The van der Waals surface area contributed by atoms with E-state index in [0.29, 0.717) is 27.0 Å². The summed E-state index contributed by atoms with van der Waals surface area (Å²) < 4.78 is 2.46. The van der Waals surface area contributed by atoms with Crippen molar-refractivity contribution in [1.29, 1.82) is 0 Å². The number of hydrogen-bond acceptors (Lipinski definition) is 9. The highest BCUT2D eigenvalue weighted by Crippen LogP contribution is 2.44. The van der Waals surface area contributed by atoms with Crippen LogP contribution in [0.2, 0.25) is 0 Å². The van der Waals surface area contributed by atoms with E-state index >= 15 is 0 Å². The molecule has 1 fully saturated rings.